The summed E-state index contributed by atoms with van der Waals surface area (Å²) in [5, 5.41) is 3.56. The van der Waals surface area contributed by atoms with Crippen LogP contribution < -0.4 is 5.32 Å². The summed E-state index contributed by atoms with van der Waals surface area (Å²) in [4.78, 5) is 0. The van der Waals surface area contributed by atoms with Gasteiger partial charge in [0.15, 0.2) is 0 Å². The van der Waals surface area contributed by atoms with Crippen LogP contribution in [-0.4, -0.2) is 12.1 Å². The quantitative estimate of drug-likeness (QED) is 0.570. The van der Waals surface area contributed by atoms with Gasteiger partial charge in [-0.2, -0.15) is 0 Å². The van der Waals surface area contributed by atoms with Crippen LogP contribution >= 0.6 is 0 Å². The molecule has 1 heteroatoms. The van der Waals surface area contributed by atoms with Gasteiger partial charge < -0.3 is 5.32 Å². The first kappa shape index (κ1) is 8.79. The van der Waals surface area contributed by atoms with Crippen LogP contribution in [0.3, 0.4) is 0 Å². The lowest BCUT2D eigenvalue weighted by molar-refractivity contribution is 0.291. The van der Waals surface area contributed by atoms with Crippen molar-refractivity contribution in [3.05, 3.63) is 12.7 Å². The van der Waals surface area contributed by atoms with Gasteiger partial charge in [0.2, 0.25) is 0 Å². The highest BCUT2D eigenvalue weighted by Crippen LogP contribution is 2.28. The van der Waals surface area contributed by atoms with Crippen LogP contribution in [0.2, 0.25) is 0 Å². The van der Waals surface area contributed by atoms with Crippen molar-refractivity contribution in [3.8, 4) is 0 Å². The molecular formula is C10H19N. The van der Waals surface area contributed by atoms with E-state index in [4.69, 9.17) is 0 Å². The first-order valence-electron chi connectivity index (χ1n) is 4.42. The fourth-order valence-electron chi connectivity index (χ4n) is 1.64. The Hall–Kier alpha value is -0.300. The molecule has 1 heterocycles. The zero-order valence-corrected chi connectivity index (χ0v) is 7.85. The van der Waals surface area contributed by atoms with Crippen LogP contribution in [0, 0.1) is 5.41 Å². The van der Waals surface area contributed by atoms with Crippen LogP contribution in [0.4, 0.5) is 0 Å². The molecule has 1 N–H and O–H groups in total. The first-order valence-corrected chi connectivity index (χ1v) is 4.42. The largest absolute Gasteiger partial charge is 0.307 e. The van der Waals surface area contributed by atoms with Gasteiger partial charge in [-0.25, -0.2) is 0 Å². The first-order chi connectivity index (χ1) is 5.04. The van der Waals surface area contributed by atoms with Gasteiger partial charge in [-0.05, 0) is 18.3 Å². The van der Waals surface area contributed by atoms with Crippen molar-refractivity contribution in [3.63, 3.8) is 0 Å². The Morgan fingerprint density at radius 1 is 1.36 bits per heavy atom. The minimum absolute atomic E-state index is 0.401. The van der Waals surface area contributed by atoms with Crippen molar-refractivity contribution < 1.29 is 0 Å². The topological polar surface area (TPSA) is 12.0 Å². The van der Waals surface area contributed by atoms with Crippen LogP contribution in [0.25, 0.3) is 0 Å². The molecule has 1 nitrogen and oxygen atoms in total. The van der Waals surface area contributed by atoms with E-state index in [2.05, 4.69) is 32.7 Å². The molecule has 0 unspecified atom stereocenters. The van der Waals surface area contributed by atoms with Crippen molar-refractivity contribution in [1.29, 1.82) is 0 Å². The molecule has 11 heavy (non-hydrogen) atoms. The Morgan fingerprint density at radius 2 is 2.00 bits per heavy atom. The van der Waals surface area contributed by atoms with Crippen molar-refractivity contribution in [2.75, 3.05) is 0 Å². The van der Waals surface area contributed by atoms with E-state index >= 15 is 0 Å². The molecular weight excluding hydrogens is 134 g/mol. The molecule has 1 aliphatic rings. The molecule has 0 aromatic carbocycles. The predicted octanol–water partition coefficient (Wildman–Crippen LogP) is 2.34. The van der Waals surface area contributed by atoms with Gasteiger partial charge in [-0.1, -0.05) is 26.8 Å². The second kappa shape index (κ2) is 2.98. The van der Waals surface area contributed by atoms with Gasteiger partial charge in [0.05, 0.1) is 0 Å². The molecule has 0 spiro atoms. The minimum atomic E-state index is 0.401. The fourth-order valence-corrected chi connectivity index (χ4v) is 1.64. The van der Waals surface area contributed by atoms with E-state index < -0.39 is 0 Å². The summed E-state index contributed by atoms with van der Waals surface area (Å²) in [6.45, 7) is 10.7. The third-order valence-electron chi connectivity index (χ3n) is 2.51. The Bertz CT molecular complexity index is 143. The van der Waals surface area contributed by atoms with Crippen molar-refractivity contribution in [2.24, 2.45) is 5.41 Å². The smallest absolute Gasteiger partial charge is 0.0250 e. The van der Waals surface area contributed by atoms with Crippen LogP contribution in [0.1, 0.15) is 33.6 Å². The number of rotatable bonds is 1. The summed E-state index contributed by atoms with van der Waals surface area (Å²) in [5.74, 6) is 0. The number of hydrogen-bond acceptors (Lipinski definition) is 1. The lowest BCUT2D eigenvalue weighted by atomic mass is 9.86. The summed E-state index contributed by atoms with van der Waals surface area (Å²) in [6, 6.07) is 1.23. The Balaban J connectivity index is 2.48. The van der Waals surface area contributed by atoms with Gasteiger partial charge in [0.25, 0.3) is 0 Å². The average Bonchev–Trinajstić information content (AvgIpc) is 2.32. The van der Waals surface area contributed by atoms with Gasteiger partial charge in [0, 0.05) is 12.1 Å². The summed E-state index contributed by atoms with van der Waals surface area (Å²) in [6.07, 6.45) is 4.57. The van der Waals surface area contributed by atoms with E-state index in [9.17, 15) is 0 Å². The predicted molar refractivity (Wildman–Crippen MR) is 49.6 cm³/mol. The monoisotopic (exact) mass is 153 g/mol. The average molecular weight is 153 g/mol. The standard InChI is InChI=1S/C10H19N/c1-5-8-6-7-9(11-8)10(2,3)4/h5,8-9,11H,1,6-7H2,2-4H3/t8-,9+/m1/s1. The highest BCUT2D eigenvalue weighted by atomic mass is 15.0. The molecule has 1 saturated heterocycles. The summed E-state index contributed by atoms with van der Waals surface area (Å²) < 4.78 is 0. The minimum Gasteiger partial charge on any atom is -0.307 e. The molecule has 0 aliphatic carbocycles. The normalized spacial score (nSPS) is 32.3. The Morgan fingerprint density at radius 3 is 2.27 bits per heavy atom. The second-order valence-electron chi connectivity index (χ2n) is 4.50. The lowest BCUT2D eigenvalue weighted by Gasteiger charge is -2.27. The summed E-state index contributed by atoms with van der Waals surface area (Å²) in [5.41, 5.74) is 0.401. The molecule has 2 atom stereocenters. The second-order valence-corrected chi connectivity index (χ2v) is 4.50. The third-order valence-corrected chi connectivity index (χ3v) is 2.51. The molecule has 64 valence electrons. The maximum absolute atomic E-state index is 3.80. The van der Waals surface area contributed by atoms with Crippen LogP contribution in [-0.2, 0) is 0 Å². The number of hydrogen-bond donors (Lipinski definition) is 1. The Labute approximate surface area is 69.9 Å². The fraction of sp³-hybridized carbons (Fsp3) is 0.800. The molecule has 0 aromatic rings. The van der Waals surface area contributed by atoms with E-state index in [0.29, 0.717) is 17.5 Å². The maximum Gasteiger partial charge on any atom is 0.0250 e. The van der Waals surface area contributed by atoms with Crippen LogP contribution in [0.5, 0.6) is 0 Å². The molecule has 0 saturated carbocycles. The van der Waals surface area contributed by atoms with E-state index in [-0.39, 0.29) is 0 Å². The van der Waals surface area contributed by atoms with Gasteiger partial charge in [0.1, 0.15) is 0 Å². The highest BCUT2D eigenvalue weighted by Gasteiger charge is 2.30. The van der Waals surface area contributed by atoms with Gasteiger partial charge in [-0.3, -0.25) is 0 Å². The lowest BCUT2D eigenvalue weighted by Crippen LogP contribution is -2.37. The zero-order chi connectivity index (χ0) is 8.48. The SMILES string of the molecule is C=C[C@@H]1CC[C@@H](C(C)(C)C)N1. The maximum atomic E-state index is 3.80. The van der Waals surface area contributed by atoms with E-state index in [1.165, 1.54) is 12.8 Å². The van der Waals surface area contributed by atoms with E-state index in [0.717, 1.165) is 0 Å². The van der Waals surface area contributed by atoms with Crippen LogP contribution in [0.15, 0.2) is 12.7 Å². The van der Waals surface area contributed by atoms with Crippen molar-refractivity contribution in [2.45, 2.75) is 45.7 Å². The highest BCUT2D eigenvalue weighted by molar-refractivity contribution is 4.97. The third kappa shape index (κ3) is 2.06. The zero-order valence-electron chi connectivity index (χ0n) is 7.85. The number of nitrogens with one attached hydrogen (secondary N) is 1. The Kier molecular flexibility index (Phi) is 2.38. The molecule has 0 radical (unpaired) electrons. The van der Waals surface area contributed by atoms with Crippen molar-refractivity contribution in [1.82, 2.24) is 5.32 Å². The molecule has 1 fully saturated rings. The molecule has 0 bridgehead atoms. The summed E-state index contributed by atoms with van der Waals surface area (Å²) in [7, 11) is 0. The van der Waals surface area contributed by atoms with Crippen molar-refractivity contribution >= 4 is 0 Å². The molecule has 0 amide bonds. The van der Waals surface area contributed by atoms with Gasteiger partial charge >= 0.3 is 0 Å². The molecule has 1 rings (SSSR count). The summed E-state index contributed by atoms with van der Waals surface area (Å²) >= 11 is 0. The van der Waals surface area contributed by atoms with Gasteiger partial charge in [-0.15, -0.1) is 6.58 Å². The van der Waals surface area contributed by atoms with E-state index in [1.807, 2.05) is 6.08 Å². The molecule has 1 aliphatic heterocycles. The molecule has 0 aromatic heterocycles. The van der Waals surface area contributed by atoms with E-state index in [1.54, 1.807) is 0 Å².